The van der Waals surface area contributed by atoms with Crippen molar-refractivity contribution in [2.75, 3.05) is 6.79 Å². The van der Waals surface area contributed by atoms with Crippen LogP contribution in [-0.4, -0.2) is 20.4 Å². The van der Waals surface area contributed by atoms with E-state index in [1.165, 1.54) is 0 Å². The first-order valence-electron chi connectivity index (χ1n) is 4.35. The molecular weight excluding hydrogens is 179 g/mol. The Balaban J connectivity index is 3.11. The largest absolute Gasteiger partial charge is 0.454 e. The van der Waals surface area contributed by atoms with Crippen LogP contribution in [0.1, 0.15) is 6.92 Å². The number of rotatable bonds is 3. The molecule has 4 heteroatoms. The molecule has 0 aliphatic carbocycles. The fourth-order valence-electron chi connectivity index (χ4n) is 1.26. The molecule has 14 heavy (non-hydrogen) atoms. The van der Waals surface area contributed by atoms with Gasteiger partial charge < -0.3 is 9.47 Å². The quantitative estimate of drug-likeness (QED) is 0.386. The summed E-state index contributed by atoms with van der Waals surface area (Å²) in [6.45, 7) is 7.50. The fourth-order valence-corrected chi connectivity index (χ4v) is 1.26. The molecule has 1 heterocycles. The standard InChI is InChI=1S/C10H12BO3/c1-4-9(11-3)8(5-12)10-7(2)13-6-14-10/h4-5H,2,6H2,1,3H3/b9-4+,10-8+. The molecule has 0 aromatic heterocycles. The van der Waals surface area contributed by atoms with Crippen LogP contribution in [0.3, 0.4) is 0 Å². The van der Waals surface area contributed by atoms with Crippen LogP contribution in [0.4, 0.5) is 0 Å². The number of carbonyl (C=O) groups excluding carboxylic acids is 1. The average Bonchev–Trinajstić information content (AvgIpc) is 2.61. The summed E-state index contributed by atoms with van der Waals surface area (Å²) in [5, 5.41) is 0. The maximum Gasteiger partial charge on any atom is 0.231 e. The third-order valence-corrected chi connectivity index (χ3v) is 1.99. The van der Waals surface area contributed by atoms with Crippen molar-refractivity contribution in [3.8, 4) is 0 Å². The van der Waals surface area contributed by atoms with Gasteiger partial charge in [0.1, 0.15) is 7.28 Å². The first-order chi connectivity index (χ1) is 6.74. The second-order valence-electron chi connectivity index (χ2n) is 2.72. The van der Waals surface area contributed by atoms with Crippen LogP contribution < -0.4 is 0 Å². The van der Waals surface area contributed by atoms with E-state index in [0.29, 0.717) is 17.1 Å². The lowest BCUT2D eigenvalue weighted by Gasteiger charge is -2.05. The molecule has 1 fully saturated rings. The molecule has 0 N–H and O–H groups in total. The normalized spacial score (nSPS) is 19.9. The highest BCUT2D eigenvalue weighted by Gasteiger charge is 2.20. The summed E-state index contributed by atoms with van der Waals surface area (Å²) in [4.78, 5) is 10.9. The van der Waals surface area contributed by atoms with Crippen molar-refractivity contribution in [1.82, 2.24) is 0 Å². The summed E-state index contributed by atoms with van der Waals surface area (Å²) < 4.78 is 10.2. The maximum absolute atomic E-state index is 10.9. The van der Waals surface area contributed by atoms with Gasteiger partial charge in [-0.2, -0.15) is 0 Å². The molecule has 3 nitrogen and oxygen atoms in total. The molecule has 0 atom stereocenters. The smallest absolute Gasteiger partial charge is 0.231 e. The molecule has 1 rings (SSSR count). The second-order valence-corrected chi connectivity index (χ2v) is 2.72. The summed E-state index contributed by atoms with van der Waals surface area (Å²) in [5.41, 5.74) is 1.30. The van der Waals surface area contributed by atoms with Gasteiger partial charge in [0.05, 0.1) is 5.57 Å². The third-order valence-electron chi connectivity index (χ3n) is 1.99. The van der Waals surface area contributed by atoms with E-state index in [0.717, 1.165) is 11.8 Å². The van der Waals surface area contributed by atoms with Crippen molar-refractivity contribution >= 4 is 13.6 Å². The highest BCUT2D eigenvalue weighted by atomic mass is 16.7. The second kappa shape index (κ2) is 4.70. The molecular formula is C10H12BO3. The number of hydrogen-bond acceptors (Lipinski definition) is 3. The highest BCUT2D eigenvalue weighted by molar-refractivity contribution is 6.46. The monoisotopic (exact) mass is 191 g/mol. The van der Waals surface area contributed by atoms with Gasteiger partial charge in [-0.25, -0.2) is 0 Å². The minimum Gasteiger partial charge on any atom is -0.454 e. The Morgan fingerprint density at radius 2 is 2.29 bits per heavy atom. The van der Waals surface area contributed by atoms with Crippen molar-refractivity contribution in [1.29, 1.82) is 0 Å². The zero-order valence-electron chi connectivity index (χ0n) is 8.37. The van der Waals surface area contributed by atoms with Gasteiger partial charge in [0.2, 0.25) is 6.79 Å². The molecule has 1 radical (unpaired) electrons. The minimum atomic E-state index is 0.131. The topological polar surface area (TPSA) is 35.5 Å². The predicted octanol–water partition coefficient (Wildman–Crippen LogP) is 1.61. The molecule has 0 saturated carbocycles. The molecule has 0 spiro atoms. The molecule has 0 amide bonds. The molecule has 73 valence electrons. The lowest BCUT2D eigenvalue weighted by Crippen LogP contribution is -2.02. The van der Waals surface area contributed by atoms with E-state index in [1.807, 2.05) is 27.1 Å². The molecule has 0 aromatic rings. The number of ether oxygens (including phenoxy) is 2. The highest BCUT2D eigenvalue weighted by Crippen LogP contribution is 2.25. The van der Waals surface area contributed by atoms with E-state index in [2.05, 4.69) is 6.58 Å². The zero-order valence-corrected chi connectivity index (χ0v) is 8.37. The number of aldehydes is 1. The van der Waals surface area contributed by atoms with Crippen molar-refractivity contribution in [3.05, 3.63) is 35.2 Å². The summed E-state index contributed by atoms with van der Waals surface area (Å²) in [6.07, 6.45) is 2.59. The predicted molar refractivity (Wildman–Crippen MR) is 54.6 cm³/mol. The Morgan fingerprint density at radius 3 is 2.64 bits per heavy atom. The molecule has 1 saturated heterocycles. The summed E-state index contributed by atoms with van der Waals surface area (Å²) >= 11 is 0. The Morgan fingerprint density at radius 1 is 1.57 bits per heavy atom. The van der Waals surface area contributed by atoms with Crippen molar-refractivity contribution in [2.45, 2.75) is 13.7 Å². The van der Waals surface area contributed by atoms with Gasteiger partial charge in [-0.3, -0.25) is 4.79 Å². The lowest BCUT2D eigenvalue weighted by molar-refractivity contribution is -0.104. The van der Waals surface area contributed by atoms with Gasteiger partial charge in [-0.15, -0.1) is 0 Å². The van der Waals surface area contributed by atoms with Crippen molar-refractivity contribution in [2.24, 2.45) is 0 Å². The Labute approximate surface area is 84.3 Å². The average molecular weight is 191 g/mol. The third kappa shape index (κ3) is 1.89. The van der Waals surface area contributed by atoms with Crippen LogP contribution in [0.25, 0.3) is 0 Å². The van der Waals surface area contributed by atoms with Gasteiger partial charge in [0.15, 0.2) is 17.8 Å². The maximum atomic E-state index is 10.9. The van der Waals surface area contributed by atoms with Crippen molar-refractivity contribution in [3.63, 3.8) is 0 Å². The summed E-state index contributed by atoms with van der Waals surface area (Å²) in [7, 11) is 1.84. The minimum absolute atomic E-state index is 0.131. The van der Waals surface area contributed by atoms with Crippen molar-refractivity contribution < 1.29 is 14.3 Å². The van der Waals surface area contributed by atoms with E-state index >= 15 is 0 Å². The molecule has 0 aromatic carbocycles. The number of allylic oxidation sites excluding steroid dienone is 3. The summed E-state index contributed by atoms with van der Waals surface area (Å²) in [6, 6.07) is 0. The van der Waals surface area contributed by atoms with Gasteiger partial charge >= 0.3 is 0 Å². The fraction of sp³-hybridized carbons (Fsp3) is 0.300. The SMILES string of the molecule is C=C1OCO/C1=C(C=O)/C([B]C)=C\C. The molecule has 0 unspecified atom stereocenters. The van der Waals surface area contributed by atoms with E-state index in [1.54, 1.807) is 0 Å². The van der Waals surface area contributed by atoms with Crippen LogP contribution in [0.2, 0.25) is 6.82 Å². The van der Waals surface area contributed by atoms with Gasteiger partial charge in [-0.05, 0) is 6.92 Å². The van der Waals surface area contributed by atoms with E-state index < -0.39 is 0 Å². The zero-order chi connectivity index (χ0) is 10.6. The van der Waals surface area contributed by atoms with Gasteiger partial charge in [0, 0.05) is 0 Å². The number of hydrogen-bond donors (Lipinski definition) is 0. The van der Waals surface area contributed by atoms with Crippen LogP contribution in [0, 0.1) is 0 Å². The van der Waals surface area contributed by atoms with Gasteiger partial charge in [0.25, 0.3) is 0 Å². The first kappa shape index (κ1) is 10.6. The Kier molecular flexibility index (Phi) is 3.57. The Bertz CT molecular complexity index is 315. The molecule has 1 aliphatic rings. The van der Waals surface area contributed by atoms with Crippen LogP contribution in [0.5, 0.6) is 0 Å². The number of carbonyl (C=O) groups is 1. The van der Waals surface area contributed by atoms with E-state index in [9.17, 15) is 4.79 Å². The van der Waals surface area contributed by atoms with Gasteiger partial charge in [-0.1, -0.05) is 25.0 Å². The molecule has 1 aliphatic heterocycles. The lowest BCUT2D eigenvalue weighted by atomic mass is 9.68. The van der Waals surface area contributed by atoms with E-state index in [4.69, 9.17) is 9.47 Å². The van der Waals surface area contributed by atoms with Crippen LogP contribution >= 0.6 is 0 Å². The first-order valence-corrected chi connectivity index (χ1v) is 4.35. The van der Waals surface area contributed by atoms with Crippen LogP contribution in [-0.2, 0) is 14.3 Å². The summed E-state index contributed by atoms with van der Waals surface area (Å²) in [5.74, 6) is 0.847. The van der Waals surface area contributed by atoms with E-state index in [-0.39, 0.29) is 6.79 Å². The molecule has 0 bridgehead atoms. The Hall–Kier alpha value is -1.45. The van der Waals surface area contributed by atoms with Crippen LogP contribution in [0.15, 0.2) is 35.2 Å².